The quantitative estimate of drug-likeness (QED) is 0.545. The first-order valence-corrected chi connectivity index (χ1v) is 9.90. The lowest BCUT2D eigenvalue weighted by Crippen LogP contribution is -2.48. The molecular formula is C17H23ClN2O4S. The van der Waals surface area contributed by atoms with E-state index in [2.05, 4.69) is 5.32 Å². The van der Waals surface area contributed by atoms with E-state index < -0.39 is 21.5 Å². The van der Waals surface area contributed by atoms with Crippen molar-refractivity contribution in [2.24, 2.45) is 5.41 Å². The highest BCUT2D eigenvalue weighted by molar-refractivity contribution is 7.87. The predicted molar refractivity (Wildman–Crippen MR) is 95.5 cm³/mol. The van der Waals surface area contributed by atoms with Crippen LogP contribution in [0.3, 0.4) is 0 Å². The van der Waals surface area contributed by atoms with E-state index in [1.165, 1.54) is 7.11 Å². The minimum Gasteiger partial charge on any atom is -0.495 e. The lowest BCUT2D eigenvalue weighted by Gasteiger charge is -2.36. The Morgan fingerprint density at radius 3 is 2.64 bits per heavy atom. The molecule has 1 amide bonds. The molecule has 25 heavy (non-hydrogen) atoms. The number of nitrogens with one attached hydrogen (secondary N) is 2. The van der Waals surface area contributed by atoms with Crippen molar-refractivity contribution in [2.45, 2.75) is 41.7 Å². The summed E-state index contributed by atoms with van der Waals surface area (Å²) in [5, 5.41) is 13.0. The third-order valence-corrected chi connectivity index (χ3v) is 7.81. The first-order chi connectivity index (χ1) is 12.0. The number of carbonyl (C=O) groups excluding carboxylic acids is 1. The van der Waals surface area contributed by atoms with Crippen LogP contribution in [0, 0.1) is 5.41 Å². The number of benzene rings is 1. The molecule has 2 unspecified atom stereocenters. The number of hydroxylamine groups is 1. The molecule has 2 fully saturated rings. The van der Waals surface area contributed by atoms with E-state index >= 15 is 0 Å². The summed E-state index contributed by atoms with van der Waals surface area (Å²) >= 11 is 6.16. The summed E-state index contributed by atoms with van der Waals surface area (Å²) < 4.78 is 17.4. The van der Waals surface area contributed by atoms with Gasteiger partial charge in [0.15, 0.2) is 0 Å². The second kappa shape index (κ2) is 7.23. The number of halogens is 1. The number of amides is 1. The number of carbonyl (C=O) groups is 1. The number of hydrogen-bond acceptors (Lipinski definition) is 5. The molecule has 3 rings (SSSR count). The van der Waals surface area contributed by atoms with Crippen molar-refractivity contribution in [3.63, 3.8) is 0 Å². The molecule has 138 valence electrons. The Bertz CT molecular complexity index is 693. The van der Waals surface area contributed by atoms with Crippen molar-refractivity contribution in [3.05, 3.63) is 23.2 Å². The van der Waals surface area contributed by atoms with Gasteiger partial charge in [-0.25, -0.2) is 5.48 Å². The number of ether oxygens (including phenoxy) is 1. The highest BCUT2D eigenvalue weighted by atomic mass is 35.5. The van der Waals surface area contributed by atoms with E-state index in [0.29, 0.717) is 28.5 Å². The van der Waals surface area contributed by atoms with E-state index in [0.717, 1.165) is 32.4 Å². The third-order valence-electron chi connectivity index (χ3n) is 5.59. The van der Waals surface area contributed by atoms with Gasteiger partial charge in [-0.05, 0) is 68.8 Å². The first kappa shape index (κ1) is 18.6. The van der Waals surface area contributed by atoms with Crippen molar-refractivity contribution in [1.82, 2.24) is 10.8 Å². The summed E-state index contributed by atoms with van der Waals surface area (Å²) in [5.74, 6) is -0.0856. The molecule has 6 nitrogen and oxygen atoms in total. The van der Waals surface area contributed by atoms with Crippen molar-refractivity contribution in [3.8, 4) is 5.75 Å². The van der Waals surface area contributed by atoms with Crippen LogP contribution in [0.5, 0.6) is 5.75 Å². The number of methoxy groups -OCH3 is 1. The lowest BCUT2D eigenvalue weighted by molar-refractivity contribution is -0.132. The van der Waals surface area contributed by atoms with Gasteiger partial charge in [0.1, 0.15) is 10.5 Å². The highest BCUT2D eigenvalue weighted by Crippen LogP contribution is 2.53. The summed E-state index contributed by atoms with van der Waals surface area (Å²) in [7, 11) is -0.118. The van der Waals surface area contributed by atoms with Gasteiger partial charge in [0.05, 0.1) is 22.9 Å². The van der Waals surface area contributed by atoms with Crippen molar-refractivity contribution in [2.75, 3.05) is 20.2 Å². The minimum atomic E-state index is -1.63. The maximum absolute atomic E-state index is 13.4. The fraction of sp³-hybridized carbons (Fsp3) is 0.588. The molecule has 1 aromatic carbocycles. The van der Waals surface area contributed by atoms with Crippen LogP contribution in [-0.2, 0) is 15.6 Å². The molecule has 1 saturated carbocycles. The van der Waals surface area contributed by atoms with Crippen LogP contribution in [-0.4, -0.2) is 40.3 Å². The topological polar surface area (TPSA) is 87.7 Å². The molecule has 1 heterocycles. The fourth-order valence-corrected chi connectivity index (χ4v) is 6.29. The van der Waals surface area contributed by atoms with Crippen LogP contribution in [0.1, 0.15) is 32.1 Å². The smallest absolute Gasteiger partial charge is 0.262 e. The minimum absolute atomic E-state index is 0.00366. The molecule has 1 spiro atoms. The molecule has 2 atom stereocenters. The zero-order valence-corrected chi connectivity index (χ0v) is 15.7. The second-order valence-corrected chi connectivity index (χ2v) is 9.12. The maximum atomic E-state index is 13.4. The summed E-state index contributed by atoms with van der Waals surface area (Å²) in [6.07, 6.45) is 3.72. The van der Waals surface area contributed by atoms with Gasteiger partial charge in [-0.2, -0.15) is 0 Å². The Kier molecular flexibility index (Phi) is 5.39. The zero-order valence-electron chi connectivity index (χ0n) is 14.1. The van der Waals surface area contributed by atoms with Gasteiger partial charge >= 0.3 is 0 Å². The number of hydrogen-bond donors (Lipinski definition) is 3. The summed E-state index contributed by atoms with van der Waals surface area (Å²) in [4.78, 5) is 13.0. The molecule has 8 heteroatoms. The van der Waals surface area contributed by atoms with Crippen LogP contribution in [0.25, 0.3) is 0 Å². The van der Waals surface area contributed by atoms with Crippen LogP contribution >= 0.6 is 11.6 Å². The Morgan fingerprint density at radius 2 is 2.04 bits per heavy atom. The largest absolute Gasteiger partial charge is 0.495 e. The Labute approximate surface area is 154 Å². The standard InChI is InChI=1S/C17H23ClN2O4S/c1-24-14-3-2-12(10-13(14)18)25(23)17(15(21)20-22)5-4-16(11-17)6-8-19-9-7-16/h2-3,10,19,22H,4-9,11H2,1H3,(H,20,21). The van der Waals surface area contributed by atoms with Gasteiger partial charge in [0.25, 0.3) is 5.91 Å². The van der Waals surface area contributed by atoms with Crippen molar-refractivity contribution >= 4 is 28.3 Å². The van der Waals surface area contributed by atoms with Crippen LogP contribution < -0.4 is 15.5 Å². The first-order valence-electron chi connectivity index (χ1n) is 8.37. The van der Waals surface area contributed by atoms with E-state index in [4.69, 9.17) is 16.3 Å². The average molecular weight is 387 g/mol. The van der Waals surface area contributed by atoms with Gasteiger partial charge in [0, 0.05) is 4.90 Å². The molecule has 0 radical (unpaired) electrons. The summed E-state index contributed by atoms with van der Waals surface area (Å²) in [6, 6.07) is 4.90. The van der Waals surface area contributed by atoms with E-state index in [-0.39, 0.29) is 5.41 Å². The molecule has 1 aliphatic heterocycles. The summed E-state index contributed by atoms with van der Waals surface area (Å²) in [5.41, 5.74) is 1.76. The highest BCUT2D eigenvalue weighted by Gasteiger charge is 2.56. The Hall–Kier alpha value is -1.15. The monoisotopic (exact) mass is 386 g/mol. The molecule has 2 aliphatic rings. The molecule has 1 aromatic rings. The molecule has 3 N–H and O–H groups in total. The molecule has 0 bridgehead atoms. The number of rotatable bonds is 4. The van der Waals surface area contributed by atoms with E-state index in [1.807, 2.05) is 0 Å². The summed E-state index contributed by atoms with van der Waals surface area (Å²) in [6.45, 7) is 1.80. The number of piperidine rings is 1. The zero-order chi connectivity index (χ0) is 18.1. The van der Waals surface area contributed by atoms with Gasteiger partial charge < -0.3 is 10.1 Å². The molecule has 0 aromatic heterocycles. The fourth-order valence-electron chi connectivity index (χ4n) is 4.16. The van der Waals surface area contributed by atoms with Crippen molar-refractivity contribution in [1.29, 1.82) is 0 Å². The predicted octanol–water partition coefficient (Wildman–Crippen LogP) is 2.25. The Morgan fingerprint density at radius 1 is 1.32 bits per heavy atom. The SMILES string of the molecule is COc1ccc(S(=O)C2(C(=O)NO)CCC3(CCNCC3)C2)cc1Cl. The van der Waals surface area contributed by atoms with E-state index in [9.17, 15) is 14.2 Å². The molecule has 1 aliphatic carbocycles. The van der Waals surface area contributed by atoms with Crippen LogP contribution in [0.4, 0.5) is 0 Å². The van der Waals surface area contributed by atoms with Gasteiger partial charge in [0.2, 0.25) is 0 Å². The molecule has 1 saturated heterocycles. The van der Waals surface area contributed by atoms with Crippen molar-refractivity contribution < 1.29 is 18.9 Å². The average Bonchev–Trinajstić information content (AvgIpc) is 3.01. The van der Waals surface area contributed by atoms with Gasteiger partial charge in [-0.15, -0.1) is 0 Å². The maximum Gasteiger partial charge on any atom is 0.262 e. The third kappa shape index (κ3) is 3.30. The Balaban J connectivity index is 1.95. The lowest BCUT2D eigenvalue weighted by atomic mass is 9.77. The van der Waals surface area contributed by atoms with Crippen LogP contribution in [0.15, 0.2) is 23.1 Å². The van der Waals surface area contributed by atoms with Gasteiger partial charge in [-0.3, -0.25) is 14.2 Å². The van der Waals surface area contributed by atoms with Crippen LogP contribution in [0.2, 0.25) is 5.02 Å². The molecular weight excluding hydrogens is 364 g/mol. The van der Waals surface area contributed by atoms with Gasteiger partial charge in [-0.1, -0.05) is 11.6 Å². The second-order valence-electron chi connectivity index (χ2n) is 6.93. The normalized spacial score (nSPS) is 26.4. The van der Waals surface area contributed by atoms with E-state index in [1.54, 1.807) is 23.7 Å².